The van der Waals surface area contributed by atoms with Crippen LogP contribution in [0.2, 0.25) is 0 Å². The Hall–Kier alpha value is -4.88. The first-order chi connectivity index (χ1) is 22.5. The molecule has 2 aliphatic rings. The van der Waals surface area contributed by atoms with Crippen molar-refractivity contribution in [2.24, 2.45) is 0 Å². The summed E-state index contributed by atoms with van der Waals surface area (Å²) in [7, 11) is 0. The first-order valence-corrected chi connectivity index (χ1v) is 17.0. The number of benzene rings is 6. The number of para-hydroxylation sites is 1. The predicted octanol–water partition coefficient (Wildman–Crippen LogP) is 12.7. The lowest BCUT2D eigenvalue weighted by molar-refractivity contribution is 0.590. The summed E-state index contributed by atoms with van der Waals surface area (Å²) < 4.78 is 0. The van der Waals surface area contributed by atoms with Crippen molar-refractivity contribution in [1.29, 1.82) is 0 Å². The van der Waals surface area contributed by atoms with Gasteiger partial charge < -0.3 is 4.90 Å². The third kappa shape index (κ3) is 4.43. The van der Waals surface area contributed by atoms with Crippen LogP contribution in [0.4, 0.5) is 17.1 Å². The molecule has 232 valence electrons. The summed E-state index contributed by atoms with van der Waals surface area (Å²) in [4.78, 5) is 2.48. The highest BCUT2D eigenvalue weighted by Crippen LogP contribution is 2.55. The molecule has 1 nitrogen and oxygen atoms in total. The lowest BCUT2D eigenvalue weighted by Gasteiger charge is -2.31. The van der Waals surface area contributed by atoms with Crippen molar-refractivity contribution < 1.29 is 0 Å². The Kier molecular flexibility index (Phi) is 6.48. The third-order valence-corrected chi connectivity index (χ3v) is 10.8. The van der Waals surface area contributed by atoms with E-state index in [0.717, 1.165) is 5.69 Å². The molecule has 0 bridgehead atoms. The molecule has 0 atom stereocenters. The molecule has 6 aromatic rings. The highest BCUT2D eigenvalue weighted by molar-refractivity contribution is 5.95. The van der Waals surface area contributed by atoms with Gasteiger partial charge >= 0.3 is 0 Å². The highest BCUT2D eigenvalue weighted by Gasteiger charge is 2.39. The molecule has 0 amide bonds. The van der Waals surface area contributed by atoms with E-state index in [1.54, 1.807) is 0 Å². The SMILES string of the molecule is CC(C)(C)c1ccc(N(c2ccc3c(c2)C(C)(C)c2ccccc2-3)c2ccccc2-c2cccc3c2C(C)(C)c2ccccc2-3)cc1. The molecule has 0 aromatic heterocycles. The Morgan fingerprint density at radius 2 is 0.915 bits per heavy atom. The number of rotatable bonds is 4. The summed E-state index contributed by atoms with van der Waals surface area (Å²) in [5.41, 5.74) is 18.2. The molecule has 0 N–H and O–H groups in total. The van der Waals surface area contributed by atoms with Gasteiger partial charge in [-0.25, -0.2) is 0 Å². The van der Waals surface area contributed by atoms with Crippen LogP contribution in [0.5, 0.6) is 0 Å². The van der Waals surface area contributed by atoms with Gasteiger partial charge in [-0.2, -0.15) is 0 Å². The summed E-state index contributed by atoms with van der Waals surface area (Å²) in [6, 6.07) is 50.0. The Morgan fingerprint density at radius 1 is 0.426 bits per heavy atom. The minimum Gasteiger partial charge on any atom is -0.310 e. The van der Waals surface area contributed by atoms with Crippen LogP contribution in [-0.2, 0) is 16.2 Å². The maximum absolute atomic E-state index is 2.48. The standard InChI is InChI=1S/C46H43N/c1-44(2,3)30-23-25-31(26-24-30)47(32-27-28-35-33-15-8-11-20-39(33)45(4,5)41(35)29-32)42-22-13-10-17-36(42)38-19-14-18-37-34-16-9-12-21-40(34)46(6,7)43(37)38/h8-29H,1-7H3. The second-order valence-electron chi connectivity index (χ2n) is 15.4. The second kappa shape index (κ2) is 10.3. The number of anilines is 3. The Balaban J connectivity index is 1.36. The van der Waals surface area contributed by atoms with Crippen molar-refractivity contribution in [3.8, 4) is 33.4 Å². The minimum atomic E-state index is -0.113. The maximum Gasteiger partial charge on any atom is 0.0540 e. The van der Waals surface area contributed by atoms with E-state index in [1.807, 2.05) is 0 Å². The van der Waals surface area contributed by atoms with Crippen molar-refractivity contribution in [2.45, 2.75) is 64.7 Å². The van der Waals surface area contributed by atoms with Crippen molar-refractivity contribution in [1.82, 2.24) is 0 Å². The maximum atomic E-state index is 2.48. The van der Waals surface area contributed by atoms with Gasteiger partial charge in [0.05, 0.1) is 5.69 Å². The van der Waals surface area contributed by atoms with Crippen LogP contribution in [0.15, 0.2) is 133 Å². The van der Waals surface area contributed by atoms with Gasteiger partial charge in [0.1, 0.15) is 0 Å². The van der Waals surface area contributed by atoms with Crippen molar-refractivity contribution in [2.75, 3.05) is 4.90 Å². The molecule has 47 heavy (non-hydrogen) atoms. The van der Waals surface area contributed by atoms with Crippen LogP contribution in [0.1, 0.15) is 76.3 Å². The van der Waals surface area contributed by atoms with Gasteiger partial charge in [-0.1, -0.05) is 152 Å². The molecule has 0 heterocycles. The van der Waals surface area contributed by atoms with E-state index in [9.17, 15) is 0 Å². The zero-order valence-electron chi connectivity index (χ0n) is 28.6. The molecule has 0 spiro atoms. The summed E-state index contributed by atoms with van der Waals surface area (Å²) >= 11 is 0. The lowest BCUT2D eigenvalue weighted by Crippen LogP contribution is -2.18. The van der Waals surface area contributed by atoms with E-state index in [2.05, 4.69) is 187 Å². The fourth-order valence-corrected chi connectivity index (χ4v) is 8.34. The number of hydrogen-bond acceptors (Lipinski definition) is 1. The molecule has 0 unspecified atom stereocenters. The predicted molar refractivity (Wildman–Crippen MR) is 200 cm³/mol. The largest absolute Gasteiger partial charge is 0.310 e. The summed E-state index contributed by atoms with van der Waals surface area (Å²) in [6.07, 6.45) is 0. The van der Waals surface area contributed by atoms with Gasteiger partial charge in [-0.15, -0.1) is 0 Å². The number of nitrogens with zero attached hydrogens (tertiary/aromatic N) is 1. The van der Waals surface area contributed by atoms with Gasteiger partial charge in [0.2, 0.25) is 0 Å². The molecule has 2 aliphatic carbocycles. The molecule has 0 fully saturated rings. The molecule has 0 saturated heterocycles. The van der Waals surface area contributed by atoms with Crippen LogP contribution in [-0.4, -0.2) is 0 Å². The topological polar surface area (TPSA) is 3.24 Å². The van der Waals surface area contributed by atoms with E-state index in [-0.39, 0.29) is 16.2 Å². The fraction of sp³-hybridized carbons (Fsp3) is 0.217. The summed E-state index contributed by atoms with van der Waals surface area (Å²) in [6.45, 7) is 16.3. The van der Waals surface area contributed by atoms with Gasteiger partial charge in [0.15, 0.2) is 0 Å². The van der Waals surface area contributed by atoms with E-state index in [4.69, 9.17) is 0 Å². The molecule has 1 heteroatoms. The lowest BCUT2D eigenvalue weighted by atomic mass is 9.78. The molecular weight excluding hydrogens is 567 g/mol. The van der Waals surface area contributed by atoms with E-state index in [1.165, 1.54) is 72.6 Å². The van der Waals surface area contributed by atoms with E-state index < -0.39 is 0 Å². The van der Waals surface area contributed by atoms with Crippen LogP contribution in [0.25, 0.3) is 33.4 Å². The molecule has 8 rings (SSSR count). The first-order valence-electron chi connectivity index (χ1n) is 17.0. The van der Waals surface area contributed by atoms with Crippen molar-refractivity contribution in [3.63, 3.8) is 0 Å². The average molecular weight is 610 g/mol. The monoisotopic (exact) mass is 609 g/mol. The quantitative estimate of drug-likeness (QED) is 0.192. The van der Waals surface area contributed by atoms with Gasteiger partial charge in [-0.05, 0) is 91.4 Å². The van der Waals surface area contributed by atoms with Crippen LogP contribution >= 0.6 is 0 Å². The van der Waals surface area contributed by atoms with Crippen LogP contribution < -0.4 is 4.90 Å². The Labute approximate surface area is 280 Å². The van der Waals surface area contributed by atoms with Crippen molar-refractivity contribution in [3.05, 3.63) is 161 Å². The van der Waals surface area contributed by atoms with Gasteiger partial charge in [-0.3, -0.25) is 0 Å². The highest BCUT2D eigenvalue weighted by atomic mass is 15.1. The van der Waals surface area contributed by atoms with Gasteiger partial charge in [0, 0.05) is 27.8 Å². The second-order valence-corrected chi connectivity index (χ2v) is 15.4. The zero-order chi connectivity index (χ0) is 32.7. The smallest absolute Gasteiger partial charge is 0.0540 e. The molecular formula is C46H43N. The van der Waals surface area contributed by atoms with E-state index >= 15 is 0 Å². The number of fused-ring (bicyclic) bond motifs is 6. The average Bonchev–Trinajstić information content (AvgIpc) is 3.45. The van der Waals surface area contributed by atoms with Crippen LogP contribution in [0.3, 0.4) is 0 Å². The third-order valence-electron chi connectivity index (χ3n) is 10.8. The molecule has 0 aliphatic heterocycles. The van der Waals surface area contributed by atoms with Crippen molar-refractivity contribution >= 4 is 17.1 Å². The Bertz CT molecular complexity index is 2170. The number of hydrogen-bond donors (Lipinski definition) is 0. The molecule has 0 radical (unpaired) electrons. The van der Waals surface area contributed by atoms with Crippen LogP contribution in [0, 0.1) is 0 Å². The Morgan fingerprint density at radius 3 is 1.57 bits per heavy atom. The van der Waals surface area contributed by atoms with Gasteiger partial charge in [0.25, 0.3) is 0 Å². The normalized spacial score (nSPS) is 15.0. The molecule has 6 aromatic carbocycles. The zero-order valence-corrected chi connectivity index (χ0v) is 28.6. The molecule has 0 saturated carbocycles. The first kappa shape index (κ1) is 29.5. The summed E-state index contributed by atoms with van der Waals surface area (Å²) in [5.74, 6) is 0. The minimum absolute atomic E-state index is 0.0792. The summed E-state index contributed by atoms with van der Waals surface area (Å²) in [5, 5.41) is 0. The van der Waals surface area contributed by atoms with E-state index in [0.29, 0.717) is 0 Å². The fourth-order valence-electron chi connectivity index (χ4n) is 8.34.